The minimum Gasteiger partial charge on any atom is -0.329 e. The van der Waals surface area contributed by atoms with Gasteiger partial charge in [0.15, 0.2) is 0 Å². The van der Waals surface area contributed by atoms with Gasteiger partial charge in [0.2, 0.25) is 0 Å². The van der Waals surface area contributed by atoms with Gasteiger partial charge in [0, 0.05) is 24.3 Å². The number of nitrogens with two attached hydrogens (primary N) is 1. The van der Waals surface area contributed by atoms with Gasteiger partial charge in [-0.15, -0.1) is 0 Å². The van der Waals surface area contributed by atoms with Crippen LogP contribution in [0.3, 0.4) is 0 Å². The van der Waals surface area contributed by atoms with Crippen molar-refractivity contribution in [2.75, 3.05) is 13.1 Å². The number of hydrogen-bond acceptors (Lipinski definition) is 3. The molecule has 2 rings (SSSR count). The highest BCUT2D eigenvalue weighted by Gasteiger charge is 2.45. The van der Waals surface area contributed by atoms with Gasteiger partial charge in [0.1, 0.15) is 0 Å². The first-order valence-electron chi connectivity index (χ1n) is 7.78. The van der Waals surface area contributed by atoms with Crippen molar-refractivity contribution in [3.05, 3.63) is 29.6 Å². The van der Waals surface area contributed by atoms with E-state index >= 15 is 0 Å². The summed E-state index contributed by atoms with van der Waals surface area (Å²) in [5.74, 6) is 0. The van der Waals surface area contributed by atoms with Crippen molar-refractivity contribution in [3.63, 3.8) is 0 Å². The van der Waals surface area contributed by atoms with Crippen LogP contribution in [0.25, 0.3) is 0 Å². The van der Waals surface area contributed by atoms with Gasteiger partial charge in [0.05, 0.1) is 5.69 Å². The van der Waals surface area contributed by atoms with Crippen molar-refractivity contribution in [2.45, 2.75) is 59.0 Å². The predicted molar refractivity (Wildman–Crippen MR) is 84.5 cm³/mol. The molecule has 1 saturated carbocycles. The molecule has 2 N–H and O–H groups in total. The third kappa shape index (κ3) is 3.21. The standard InChI is InChI=1S/C17H29N3/c1-5-20(11-15-8-6-7-14(2)19-15)17(13-18)10-9-16(3,4)12-17/h6-8H,5,9-13,18H2,1-4H3. The molecule has 1 aromatic heterocycles. The number of rotatable bonds is 5. The molecule has 1 heterocycles. The summed E-state index contributed by atoms with van der Waals surface area (Å²) in [4.78, 5) is 7.20. The molecule has 3 nitrogen and oxygen atoms in total. The Morgan fingerprint density at radius 1 is 1.30 bits per heavy atom. The van der Waals surface area contributed by atoms with Crippen LogP contribution < -0.4 is 5.73 Å². The maximum atomic E-state index is 6.19. The van der Waals surface area contributed by atoms with E-state index in [0.717, 1.165) is 31.0 Å². The number of aryl methyl sites for hydroxylation is 1. The van der Waals surface area contributed by atoms with Gasteiger partial charge in [0.25, 0.3) is 0 Å². The lowest BCUT2D eigenvalue weighted by Gasteiger charge is -2.41. The fourth-order valence-electron chi connectivity index (χ4n) is 3.71. The molecule has 1 fully saturated rings. The average molecular weight is 275 g/mol. The van der Waals surface area contributed by atoms with Crippen molar-refractivity contribution >= 4 is 0 Å². The highest BCUT2D eigenvalue weighted by molar-refractivity contribution is 5.11. The van der Waals surface area contributed by atoms with E-state index in [0.29, 0.717) is 5.41 Å². The molecule has 1 atom stereocenters. The molecule has 0 aromatic carbocycles. The van der Waals surface area contributed by atoms with Gasteiger partial charge in [-0.3, -0.25) is 9.88 Å². The normalized spacial score (nSPS) is 25.3. The van der Waals surface area contributed by atoms with Crippen molar-refractivity contribution in [3.8, 4) is 0 Å². The van der Waals surface area contributed by atoms with Crippen LogP contribution in [0.4, 0.5) is 0 Å². The van der Waals surface area contributed by atoms with Gasteiger partial charge >= 0.3 is 0 Å². The highest BCUT2D eigenvalue weighted by Crippen LogP contribution is 2.46. The lowest BCUT2D eigenvalue weighted by atomic mass is 9.86. The number of likely N-dealkylation sites (N-methyl/N-ethyl adjacent to an activating group) is 1. The second kappa shape index (κ2) is 5.82. The fraction of sp³-hybridized carbons (Fsp3) is 0.706. The summed E-state index contributed by atoms with van der Waals surface area (Å²) in [6, 6.07) is 6.27. The lowest BCUT2D eigenvalue weighted by Crippen LogP contribution is -2.52. The Bertz CT molecular complexity index is 455. The van der Waals surface area contributed by atoms with E-state index in [1.54, 1.807) is 0 Å². The Morgan fingerprint density at radius 3 is 2.55 bits per heavy atom. The zero-order chi connectivity index (χ0) is 14.8. The molecule has 112 valence electrons. The fourth-order valence-corrected chi connectivity index (χ4v) is 3.71. The minimum atomic E-state index is 0.156. The van der Waals surface area contributed by atoms with E-state index in [2.05, 4.69) is 55.8 Å². The van der Waals surface area contributed by atoms with Crippen molar-refractivity contribution in [1.29, 1.82) is 0 Å². The molecule has 0 bridgehead atoms. The second-order valence-electron chi connectivity index (χ2n) is 7.05. The molecule has 1 aromatic rings. The SMILES string of the molecule is CCN(Cc1cccc(C)n1)C1(CN)CCC(C)(C)C1. The smallest absolute Gasteiger partial charge is 0.0547 e. The third-order valence-corrected chi connectivity index (χ3v) is 4.81. The largest absolute Gasteiger partial charge is 0.329 e. The summed E-state index contributed by atoms with van der Waals surface area (Å²) in [5, 5.41) is 0. The number of hydrogen-bond donors (Lipinski definition) is 1. The van der Waals surface area contributed by atoms with Crippen molar-refractivity contribution in [1.82, 2.24) is 9.88 Å². The second-order valence-corrected chi connectivity index (χ2v) is 7.05. The molecule has 0 aliphatic heterocycles. The number of nitrogens with zero attached hydrogens (tertiary/aromatic N) is 2. The van der Waals surface area contributed by atoms with Crippen LogP contribution in [0.2, 0.25) is 0 Å². The average Bonchev–Trinajstić information content (AvgIpc) is 2.73. The first-order chi connectivity index (χ1) is 9.41. The molecule has 0 amide bonds. The minimum absolute atomic E-state index is 0.156. The maximum absolute atomic E-state index is 6.19. The van der Waals surface area contributed by atoms with Crippen LogP contribution in [0.5, 0.6) is 0 Å². The molecule has 1 aliphatic rings. The molecule has 3 heteroatoms. The Balaban J connectivity index is 2.18. The van der Waals surface area contributed by atoms with E-state index < -0.39 is 0 Å². The molecule has 1 unspecified atom stereocenters. The van der Waals surface area contributed by atoms with Crippen LogP contribution in [-0.4, -0.2) is 28.5 Å². The summed E-state index contributed by atoms with van der Waals surface area (Å²) in [5.41, 5.74) is 9.00. The Hall–Kier alpha value is -0.930. The van der Waals surface area contributed by atoms with Crippen molar-refractivity contribution in [2.24, 2.45) is 11.1 Å². The Morgan fingerprint density at radius 2 is 2.05 bits per heavy atom. The zero-order valence-electron chi connectivity index (χ0n) is 13.4. The first kappa shape index (κ1) is 15.5. The van der Waals surface area contributed by atoms with E-state index in [4.69, 9.17) is 5.73 Å². The van der Waals surface area contributed by atoms with Gasteiger partial charge in [-0.2, -0.15) is 0 Å². The summed E-state index contributed by atoms with van der Waals surface area (Å²) in [6.07, 6.45) is 3.66. The summed E-state index contributed by atoms with van der Waals surface area (Å²) in [6.45, 7) is 11.7. The van der Waals surface area contributed by atoms with E-state index in [1.165, 1.54) is 19.3 Å². The maximum Gasteiger partial charge on any atom is 0.0547 e. The highest BCUT2D eigenvalue weighted by atomic mass is 15.2. The van der Waals surface area contributed by atoms with Crippen LogP contribution in [-0.2, 0) is 6.54 Å². The van der Waals surface area contributed by atoms with Crippen LogP contribution >= 0.6 is 0 Å². The molecule has 0 spiro atoms. The van der Waals surface area contributed by atoms with Gasteiger partial charge in [-0.05, 0) is 50.3 Å². The predicted octanol–water partition coefficient (Wildman–Crippen LogP) is 3.12. The monoisotopic (exact) mass is 275 g/mol. The van der Waals surface area contributed by atoms with Crippen LogP contribution in [0, 0.1) is 12.3 Å². The topological polar surface area (TPSA) is 42.2 Å². The number of pyridine rings is 1. The molecule has 0 radical (unpaired) electrons. The summed E-state index contributed by atoms with van der Waals surface area (Å²) < 4.78 is 0. The van der Waals surface area contributed by atoms with Gasteiger partial charge < -0.3 is 5.73 Å². The van der Waals surface area contributed by atoms with Crippen molar-refractivity contribution < 1.29 is 0 Å². The van der Waals surface area contributed by atoms with Gasteiger partial charge in [-0.1, -0.05) is 26.8 Å². The zero-order valence-corrected chi connectivity index (χ0v) is 13.4. The van der Waals surface area contributed by atoms with E-state index in [1.807, 2.05) is 0 Å². The van der Waals surface area contributed by atoms with E-state index in [-0.39, 0.29) is 5.54 Å². The lowest BCUT2D eigenvalue weighted by molar-refractivity contribution is 0.0852. The molecular weight excluding hydrogens is 246 g/mol. The van der Waals surface area contributed by atoms with Crippen LogP contribution in [0.1, 0.15) is 51.4 Å². The van der Waals surface area contributed by atoms with E-state index in [9.17, 15) is 0 Å². The van der Waals surface area contributed by atoms with Gasteiger partial charge in [-0.25, -0.2) is 0 Å². The number of aromatic nitrogens is 1. The quantitative estimate of drug-likeness (QED) is 0.897. The Kier molecular flexibility index (Phi) is 4.50. The Labute approximate surface area is 123 Å². The van der Waals surface area contributed by atoms with Crippen LogP contribution in [0.15, 0.2) is 18.2 Å². The molecular formula is C17H29N3. The molecule has 20 heavy (non-hydrogen) atoms. The molecule has 1 aliphatic carbocycles. The summed E-state index contributed by atoms with van der Waals surface area (Å²) >= 11 is 0. The summed E-state index contributed by atoms with van der Waals surface area (Å²) in [7, 11) is 0. The molecule has 0 saturated heterocycles. The first-order valence-corrected chi connectivity index (χ1v) is 7.78. The third-order valence-electron chi connectivity index (χ3n) is 4.81.